The zero-order valence-electron chi connectivity index (χ0n) is 14.9. The summed E-state index contributed by atoms with van der Waals surface area (Å²) >= 11 is 0. The van der Waals surface area contributed by atoms with Crippen LogP contribution >= 0.6 is 0 Å². The second kappa shape index (κ2) is 9.27. The van der Waals surface area contributed by atoms with Gasteiger partial charge in [-0.1, -0.05) is 18.2 Å². The number of ether oxygens (including phenoxy) is 2. The van der Waals surface area contributed by atoms with Crippen molar-refractivity contribution in [3.8, 4) is 11.5 Å². The SMILES string of the molecule is C=CCNC(=O)c1ccccc1NC(=O)Cc1cc(OC)ccc1OC. The van der Waals surface area contributed by atoms with Crippen molar-refractivity contribution in [2.24, 2.45) is 0 Å². The van der Waals surface area contributed by atoms with E-state index in [2.05, 4.69) is 17.2 Å². The van der Waals surface area contributed by atoms with Crippen molar-refractivity contribution in [3.05, 3.63) is 66.2 Å². The van der Waals surface area contributed by atoms with E-state index in [1.165, 1.54) is 0 Å². The molecule has 2 rings (SSSR count). The van der Waals surface area contributed by atoms with Crippen LogP contribution in [-0.4, -0.2) is 32.6 Å². The molecule has 2 amide bonds. The standard InChI is InChI=1S/C20H22N2O4/c1-4-11-21-20(24)16-7-5-6-8-17(16)22-19(23)13-14-12-15(25-2)9-10-18(14)26-3/h4-10,12H,1,11,13H2,2-3H3,(H,21,24)(H,22,23). The number of benzene rings is 2. The molecule has 0 aliphatic heterocycles. The Labute approximate surface area is 152 Å². The molecule has 0 unspecified atom stereocenters. The van der Waals surface area contributed by atoms with Gasteiger partial charge in [0.2, 0.25) is 5.91 Å². The highest BCUT2D eigenvalue weighted by molar-refractivity contribution is 6.04. The van der Waals surface area contributed by atoms with Gasteiger partial charge in [0.05, 0.1) is 31.9 Å². The van der Waals surface area contributed by atoms with Crippen LogP contribution in [0.15, 0.2) is 55.1 Å². The summed E-state index contributed by atoms with van der Waals surface area (Å²) in [5, 5.41) is 5.48. The number of amides is 2. The predicted molar refractivity (Wildman–Crippen MR) is 101 cm³/mol. The summed E-state index contributed by atoms with van der Waals surface area (Å²) < 4.78 is 10.5. The zero-order chi connectivity index (χ0) is 18.9. The first-order valence-electron chi connectivity index (χ1n) is 8.08. The average molecular weight is 354 g/mol. The quantitative estimate of drug-likeness (QED) is 0.715. The summed E-state index contributed by atoms with van der Waals surface area (Å²) in [5.74, 6) is 0.691. The molecule has 0 aliphatic carbocycles. The van der Waals surface area contributed by atoms with Crippen LogP contribution in [0.1, 0.15) is 15.9 Å². The van der Waals surface area contributed by atoms with Crippen molar-refractivity contribution in [1.29, 1.82) is 0 Å². The number of rotatable bonds is 8. The van der Waals surface area contributed by atoms with E-state index in [1.807, 2.05) is 0 Å². The van der Waals surface area contributed by atoms with E-state index in [0.29, 0.717) is 34.9 Å². The first kappa shape index (κ1) is 19.1. The molecule has 0 saturated heterocycles. The second-order valence-corrected chi connectivity index (χ2v) is 5.45. The lowest BCUT2D eigenvalue weighted by Gasteiger charge is -2.13. The maximum Gasteiger partial charge on any atom is 0.253 e. The third-order valence-corrected chi connectivity index (χ3v) is 3.69. The fourth-order valence-corrected chi connectivity index (χ4v) is 2.44. The van der Waals surface area contributed by atoms with Crippen LogP contribution in [0.3, 0.4) is 0 Å². The molecule has 0 atom stereocenters. The van der Waals surface area contributed by atoms with Gasteiger partial charge in [-0.3, -0.25) is 9.59 Å². The third-order valence-electron chi connectivity index (χ3n) is 3.69. The number of para-hydroxylation sites is 1. The van der Waals surface area contributed by atoms with Crippen molar-refractivity contribution in [1.82, 2.24) is 5.32 Å². The van der Waals surface area contributed by atoms with Gasteiger partial charge < -0.3 is 20.1 Å². The molecular formula is C20H22N2O4. The highest BCUT2D eigenvalue weighted by Crippen LogP contribution is 2.25. The molecule has 0 aliphatic rings. The Kier molecular flexibility index (Phi) is 6.79. The predicted octanol–water partition coefficient (Wildman–Crippen LogP) is 2.80. The van der Waals surface area contributed by atoms with Gasteiger partial charge in [-0.05, 0) is 30.3 Å². The molecule has 0 radical (unpaired) electrons. The number of hydrogen-bond donors (Lipinski definition) is 2. The minimum atomic E-state index is -0.278. The summed E-state index contributed by atoms with van der Waals surface area (Å²) in [5.41, 5.74) is 1.53. The van der Waals surface area contributed by atoms with Crippen LogP contribution < -0.4 is 20.1 Å². The Morgan fingerprint density at radius 1 is 1.12 bits per heavy atom. The van der Waals surface area contributed by atoms with E-state index in [9.17, 15) is 9.59 Å². The Balaban J connectivity index is 2.16. The maximum absolute atomic E-state index is 12.5. The first-order valence-corrected chi connectivity index (χ1v) is 8.08. The van der Waals surface area contributed by atoms with Gasteiger partial charge >= 0.3 is 0 Å². The molecule has 0 fully saturated rings. The van der Waals surface area contributed by atoms with E-state index < -0.39 is 0 Å². The highest BCUT2D eigenvalue weighted by Gasteiger charge is 2.14. The molecule has 2 N–H and O–H groups in total. The number of nitrogens with one attached hydrogen (secondary N) is 2. The molecule has 0 heterocycles. The largest absolute Gasteiger partial charge is 0.497 e. The summed E-state index contributed by atoms with van der Waals surface area (Å²) in [4.78, 5) is 24.7. The van der Waals surface area contributed by atoms with Crippen LogP contribution in [0.25, 0.3) is 0 Å². The Morgan fingerprint density at radius 2 is 1.88 bits per heavy atom. The monoisotopic (exact) mass is 354 g/mol. The van der Waals surface area contributed by atoms with E-state index in [1.54, 1.807) is 62.8 Å². The molecule has 2 aromatic rings. The van der Waals surface area contributed by atoms with Crippen molar-refractivity contribution < 1.29 is 19.1 Å². The summed E-state index contributed by atoms with van der Waals surface area (Å²) in [6.45, 7) is 3.92. The summed E-state index contributed by atoms with van der Waals surface area (Å²) in [7, 11) is 3.10. The lowest BCUT2D eigenvalue weighted by Crippen LogP contribution is -2.25. The normalized spacial score (nSPS) is 9.92. The van der Waals surface area contributed by atoms with E-state index in [4.69, 9.17) is 9.47 Å². The third kappa shape index (κ3) is 4.86. The minimum Gasteiger partial charge on any atom is -0.497 e. The van der Waals surface area contributed by atoms with Gasteiger partial charge in [-0.15, -0.1) is 6.58 Å². The Bertz CT molecular complexity index is 802. The Morgan fingerprint density at radius 3 is 2.58 bits per heavy atom. The molecule has 0 spiro atoms. The molecular weight excluding hydrogens is 332 g/mol. The molecule has 6 nitrogen and oxygen atoms in total. The van der Waals surface area contributed by atoms with Gasteiger partial charge in [-0.2, -0.15) is 0 Å². The number of methoxy groups -OCH3 is 2. The molecule has 2 aromatic carbocycles. The number of carbonyl (C=O) groups is 2. The van der Waals surface area contributed by atoms with Crippen LogP contribution in [0.5, 0.6) is 11.5 Å². The molecule has 0 aromatic heterocycles. The number of anilines is 1. The fourth-order valence-electron chi connectivity index (χ4n) is 2.44. The average Bonchev–Trinajstić information content (AvgIpc) is 2.66. The van der Waals surface area contributed by atoms with Crippen LogP contribution in [0.2, 0.25) is 0 Å². The number of carbonyl (C=O) groups excluding carboxylic acids is 2. The number of hydrogen-bond acceptors (Lipinski definition) is 4. The van der Waals surface area contributed by atoms with Crippen LogP contribution in [-0.2, 0) is 11.2 Å². The van der Waals surface area contributed by atoms with Gasteiger partial charge in [0.15, 0.2) is 0 Å². The lowest BCUT2D eigenvalue weighted by molar-refractivity contribution is -0.115. The van der Waals surface area contributed by atoms with Crippen molar-refractivity contribution in [3.63, 3.8) is 0 Å². The van der Waals surface area contributed by atoms with Crippen molar-refractivity contribution >= 4 is 17.5 Å². The molecule has 136 valence electrons. The first-order chi connectivity index (χ1) is 12.6. The summed E-state index contributed by atoms with van der Waals surface area (Å²) in [6, 6.07) is 12.1. The highest BCUT2D eigenvalue weighted by atomic mass is 16.5. The summed E-state index contributed by atoms with van der Waals surface area (Å²) in [6.07, 6.45) is 1.68. The molecule has 0 saturated carbocycles. The minimum absolute atomic E-state index is 0.0863. The molecule has 26 heavy (non-hydrogen) atoms. The van der Waals surface area contributed by atoms with Gasteiger partial charge in [-0.25, -0.2) is 0 Å². The van der Waals surface area contributed by atoms with Crippen LogP contribution in [0.4, 0.5) is 5.69 Å². The van der Waals surface area contributed by atoms with Gasteiger partial charge in [0.1, 0.15) is 11.5 Å². The smallest absolute Gasteiger partial charge is 0.253 e. The van der Waals surface area contributed by atoms with E-state index in [0.717, 1.165) is 0 Å². The second-order valence-electron chi connectivity index (χ2n) is 5.45. The topological polar surface area (TPSA) is 76.7 Å². The molecule has 6 heteroatoms. The van der Waals surface area contributed by atoms with Gasteiger partial charge in [0, 0.05) is 12.1 Å². The van der Waals surface area contributed by atoms with Crippen LogP contribution in [0, 0.1) is 0 Å². The van der Waals surface area contributed by atoms with Crippen molar-refractivity contribution in [2.45, 2.75) is 6.42 Å². The fraction of sp³-hybridized carbons (Fsp3) is 0.200. The lowest BCUT2D eigenvalue weighted by atomic mass is 10.1. The van der Waals surface area contributed by atoms with Gasteiger partial charge in [0.25, 0.3) is 5.91 Å². The molecule has 0 bridgehead atoms. The zero-order valence-corrected chi connectivity index (χ0v) is 14.9. The van der Waals surface area contributed by atoms with E-state index >= 15 is 0 Å². The van der Waals surface area contributed by atoms with Crippen molar-refractivity contribution in [2.75, 3.05) is 26.1 Å². The maximum atomic E-state index is 12.5. The Hall–Kier alpha value is -3.28. The van der Waals surface area contributed by atoms with E-state index in [-0.39, 0.29) is 18.2 Å².